The van der Waals surface area contributed by atoms with E-state index in [4.69, 9.17) is 4.42 Å². The molecule has 1 aromatic carbocycles. The summed E-state index contributed by atoms with van der Waals surface area (Å²) in [7, 11) is 0. The van der Waals surface area contributed by atoms with Gasteiger partial charge in [0.25, 0.3) is 0 Å². The summed E-state index contributed by atoms with van der Waals surface area (Å²) in [5.74, 6) is -0.978. The number of nitrogens with one attached hydrogen (secondary N) is 1. The third-order valence-electron chi connectivity index (χ3n) is 3.00. The fourth-order valence-electron chi connectivity index (χ4n) is 2.16. The molecule has 0 unspecified atom stereocenters. The van der Waals surface area contributed by atoms with Crippen molar-refractivity contribution < 1.29 is 13.2 Å². The van der Waals surface area contributed by atoms with E-state index in [0.29, 0.717) is 12.1 Å². The van der Waals surface area contributed by atoms with Crippen molar-refractivity contribution in [3.63, 3.8) is 0 Å². The first-order chi connectivity index (χ1) is 8.27. The highest BCUT2D eigenvalue weighted by atomic mass is 19.1. The zero-order chi connectivity index (χ0) is 11.8. The minimum Gasteiger partial charge on any atom is -0.460 e. The van der Waals surface area contributed by atoms with E-state index in [9.17, 15) is 8.78 Å². The maximum absolute atomic E-state index is 13.7. The first kappa shape index (κ1) is 10.5. The lowest BCUT2D eigenvalue weighted by Gasteiger charge is -2.13. The van der Waals surface area contributed by atoms with Gasteiger partial charge in [-0.05, 0) is 30.7 Å². The molecule has 2 heterocycles. The number of halogens is 2. The minimum atomic E-state index is -0.531. The molecule has 1 aromatic heterocycles. The van der Waals surface area contributed by atoms with Gasteiger partial charge in [0.05, 0.1) is 11.6 Å². The van der Waals surface area contributed by atoms with Crippen LogP contribution in [0.2, 0.25) is 0 Å². The van der Waals surface area contributed by atoms with Crippen molar-refractivity contribution in [3.8, 4) is 0 Å². The Balaban J connectivity index is 2.24. The summed E-state index contributed by atoms with van der Waals surface area (Å²) in [6.45, 7) is 1.57. The van der Waals surface area contributed by atoms with E-state index >= 15 is 0 Å². The van der Waals surface area contributed by atoms with Crippen molar-refractivity contribution in [3.05, 3.63) is 41.7 Å². The second-order valence-electron chi connectivity index (χ2n) is 4.08. The number of rotatable bonds is 1. The fourth-order valence-corrected chi connectivity index (χ4v) is 2.16. The molecule has 1 aliphatic heterocycles. The summed E-state index contributed by atoms with van der Waals surface area (Å²) in [6, 6.07) is 2.21. The lowest BCUT2D eigenvalue weighted by Crippen LogP contribution is -2.21. The number of fused-ring (bicyclic) bond motifs is 1. The Morgan fingerprint density at radius 2 is 2.00 bits per heavy atom. The van der Waals surface area contributed by atoms with Crippen LogP contribution >= 0.6 is 0 Å². The molecule has 0 amide bonds. The first-order valence-electron chi connectivity index (χ1n) is 5.52. The molecular formula is C13H11F2NO. The lowest BCUT2D eigenvalue weighted by atomic mass is 10.0. The fraction of sp³-hybridized carbons (Fsp3) is 0.231. The third kappa shape index (κ3) is 1.65. The van der Waals surface area contributed by atoms with Crippen LogP contribution in [0, 0.1) is 11.6 Å². The van der Waals surface area contributed by atoms with Crippen LogP contribution in [-0.4, -0.2) is 13.1 Å². The zero-order valence-corrected chi connectivity index (χ0v) is 9.09. The van der Waals surface area contributed by atoms with Crippen LogP contribution in [0.1, 0.15) is 12.0 Å². The number of furan rings is 1. The summed E-state index contributed by atoms with van der Waals surface area (Å²) < 4.78 is 32.3. The highest BCUT2D eigenvalue weighted by Gasteiger charge is 2.18. The molecular weight excluding hydrogens is 224 g/mol. The Labute approximate surface area is 96.9 Å². The highest BCUT2D eigenvalue weighted by Crippen LogP contribution is 2.31. The van der Waals surface area contributed by atoms with Gasteiger partial charge in [-0.2, -0.15) is 0 Å². The van der Waals surface area contributed by atoms with Gasteiger partial charge < -0.3 is 9.73 Å². The SMILES string of the molecule is Fc1ccc(F)c2c(C3=CCCNC3)coc12. The largest absolute Gasteiger partial charge is 0.460 e. The number of benzene rings is 1. The van der Waals surface area contributed by atoms with Gasteiger partial charge in [0.15, 0.2) is 11.4 Å². The smallest absolute Gasteiger partial charge is 0.173 e. The van der Waals surface area contributed by atoms with E-state index in [2.05, 4.69) is 5.32 Å². The molecule has 3 rings (SSSR count). The van der Waals surface area contributed by atoms with E-state index in [0.717, 1.165) is 30.7 Å². The van der Waals surface area contributed by atoms with Crippen LogP contribution in [0.15, 0.2) is 28.9 Å². The third-order valence-corrected chi connectivity index (χ3v) is 3.00. The molecule has 0 saturated heterocycles. The Morgan fingerprint density at radius 1 is 1.18 bits per heavy atom. The summed E-state index contributed by atoms with van der Waals surface area (Å²) in [5.41, 5.74) is 1.59. The van der Waals surface area contributed by atoms with Crippen molar-refractivity contribution >= 4 is 16.5 Å². The Bertz CT molecular complexity index is 601. The average Bonchev–Trinajstić information content (AvgIpc) is 2.81. The zero-order valence-electron chi connectivity index (χ0n) is 9.09. The van der Waals surface area contributed by atoms with Gasteiger partial charge in [-0.25, -0.2) is 8.78 Å². The molecule has 0 bridgehead atoms. The molecule has 2 nitrogen and oxygen atoms in total. The standard InChI is InChI=1S/C13H11F2NO/c14-10-3-4-11(15)13-12(10)9(7-17-13)8-2-1-5-16-6-8/h2-4,7,16H,1,5-6H2. The van der Waals surface area contributed by atoms with Crippen molar-refractivity contribution in [1.82, 2.24) is 5.32 Å². The molecule has 1 N–H and O–H groups in total. The number of hydrogen-bond donors (Lipinski definition) is 1. The first-order valence-corrected chi connectivity index (χ1v) is 5.52. The average molecular weight is 235 g/mol. The topological polar surface area (TPSA) is 25.2 Å². The lowest BCUT2D eigenvalue weighted by molar-refractivity contribution is 0.554. The molecule has 0 atom stereocenters. The van der Waals surface area contributed by atoms with Crippen molar-refractivity contribution in [1.29, 1.82) is 0 Å². The molecule has 1 aliphatic rings. The van der Waals surface area contributed by atoms with Crippen LogP contribution in [-0.2, 0) is 0 Å². The molecule has 2 aromatic rings. The van der Waals surface area contributed by atoms with Gasteiger partial charge in [-0.1, -0.05) is 6.08 Å². The molecule has 4 heteroatoms. The molecule has 0 spiro atoms. The molecule has 0 aliphatic carbocycles. The monoisotopic (exact) mass is 235 g/mol. The summed E-state index contributed by atoms with van der Waals surface area (Å²) in [5, 5.41) is 3.43. The maximum atomic E-state index is 13.7. The van der Waals surface area contributed by atoms with Gasteiger partial charge in [0, 0.05) is 12.1 Å². The maximum Gasteiger partial charge on any atom is 0.173 e. The van der Waals surface area contributed by atoms with Crippen LogP contribution in [0.5, 0.6) is 0 Å². The molecule has 17 heavy (non-hydrogen) atoms. The van der Waals surface area contributed by atoms with Gasteiger partial charge in [0.2, 0.25) is 0 Å². The van der Waals surface area contributed by atoms with E-state index in [1.807, 2.05) is 6.08 Å². The van der Waals surface area contributed by atoms with Crippen molar-refractivity contribution in [2.45, 2.75) is 6.42 Å². The highest BCUT2D eigenvalue weighted by molar-refractivity contribution is 5.92. The van der Waals surface area contributed by atoms with Crippen LogP contribution < -0.4 is 5.32 Å². The molecule has 0 radical (unpaired) electrons. The van der Waals surface area contributed by atoms with E-state index in [1.54, 1.807) is 0 Å². The van der Waals surface area contributed by atoms with E-state index in [1.165, 1.54) is 6.26 Å². The van der Waals surface area contributed by atoms with Gasteiger partial charge in [-0.15, -0.1) is 0 Å². The summed E-state index contributed by atoms with van der Waals surface area (Å²) in [6.07, 6.45) is 4.35. The number of hydrogen-bond acceptors (Lipinski definition) is 2. The Kier molecular flexibility index (Phi) is 2.44. The normalized spacial score (nSPS) is 16.2. The predicted octanol–water partition coefficient (Wildman–Crippen LogP) is 3.09. The Morgan fingerprint density at radius 3 is 2.76 bits per heavy atom. The second-order valence-corrected chi connectivity index (χ2v) is 4.08. The Hall–Kier alpha value is -1.68. The minimum absolute atomic E-state index is 0.00789. The van der Waals surface area contributed by atoms with E-state index in [-0.39, 0.29) is 11.0 Å². The van der Waals surface area contributed by atoms with Crippen molar-refractivity contribution in [2.75, 3.05) is 13.1 Å². The van der Waals surface area contributed by atoms with Crippen LogP contribution in [0.4, 0.5) is 8.78 Å². The summed E-state index contributed by atoms with van der Waals surface area (Å²) >= 11 is 0. The molecule has 0 fully saturated rings. The van der Waals surface area contributed by atoms with Crippen LogP contribution in [0.3, 0.4) is 0 Å². The molecule has 88 valence electrons. The van der Waals surface area contributed by atoms with Gasteiger partial charge >= 0.3 is 0 Å². The van der Waals surface area contributed by atoms with Gasteiger partial charge in [-0.3, -0.25) is 0 Å². The predicted molar refractivity (Wildman–Crippen MR) is 61.6 cm³/mol. The second kappa shape index (κ2) is 3.96. The quantitative estimate of drug-likeness (QED) is 0.821. The van der Waals surface area contributed by atoms with Gasteiger partial charge in [0.1, 0.15) is 5.82 Å². The summed E-state index contributed by atoms with van der Waals surface area (Å²) in [4.78, 5) is 0. The van der Waals surface area contributed by atoms with Crippen molar-refractivity contribution in [2.24, 2.45) is 0 Å². The van der Waals surface area contributed by atoms with E-state index < -0.39 is 11.6 Å². The molecule has 0 saturated carbocycles. The van der Waals surface area contributed by atoms with Crippen LogP contribution in [0.25, 0.3) is 16.5 Å².